The van der Waals surface area contributed by atoms with Crippen LogP contribution in [0.5, 0.6) is 0 Å². The van der Waals surface area contributed by atoms with Crippen LogP contribution in [0, 0.1) is 17.2 Å². The average Bonchev–Trinajstić information content (AvgIpc) is 3.01. The molecule has 9 heteroatoms. The molecule has 1 aromatic heterocycles. The fourth-order valence-corrected chi connectivity index (χ4v) is 3.39. The summed E-state index contributed by atoms with van der Waals surface area (Å²) in [6, 6.07) is 8.91. The van der Waals surface area contributed by atoms with Crippen LogP contribution in [-0.2, 0) is 22.6 Å². The van der Waals surface area contributed by atoms with Crippen molar-refractivity contribution >= 4 is 29.3 Å². The fraction of sp³-hybridized carbons (Fsp3) is 0.421. The van der Waals surface area contributed by atoms with Crippen molar-refractivity contribution in [2.75, 3.05) is 5.32 Å². The van der Waals surface area contributed by atoms with Crippen molar-refractivity contribution in [3.05, 3.63) is 35.7 Å². The minimum Gasteiger partial charge on any atom is -0.370 e. The molecule has 0 saturated heterocycles. The lowest BCUT2D eigenvalue weighted by molar-refractivity contribution is -0.118. The number of aryl methyl sites for hydroxylation is 1. The zero-order chi connectivity index (χ0) is 20.7. The number of rotatable bonds is 9. The Morgan fingerprint density at radius 2 is 2.00 bits per heavy atom. The Balaban J connectivity index is 2.13. The number of nitrogens with two attached hydrogens (primary N) is 1. The molecule has 0 aliphatic rings. The third kappa shape index (κ3) is 5.82. The maximum atomic E-state index is 12.6. The monoisotopic (exact) mass is 400 g/mol. The first kappa shape index (κ1) is 21.4. The normalized spacial score (nSPS) is 11.8. The molecular formula is C19H24N6O2S. The van der Waals surface area contributed by atoms with Crippen LogP contribution >= 0.6 is 11.8 Å². The number of carbonyl (C=O) groups is 2. The summed E-state index contributed by atoms with van der Waals surface area (Å²) in [6.07, 6.45) is 0.605. The number of anilines is 1. The topological polar surface area (TPSA) is 127 Å². The first-order chi connectivity index (χ1) is 13.3. The van der Waals surface area contributed by atoms with Gasteiger partial charge in [0.2, 0.25) is 11.8 Å². The average molecular weight is 401 g/mol. The van der Waals surface area contributed by atoms with E-state index in [0.717, 1.165) is 0 Å². The third-order valence-electron chi connectivity index (χ3n) is 3.89. The molecule has 2 aromatic rings. The molecule has 0 spiro atoms. The number of primary amides is 1. The minimum atomic E-state index is -0.453. The van der Waals surface area contributed by atoms with E-state index in [4.69, 9.17) is 11.0 Å². The van der Waals surface area contributed by atoms with Crippen LogP contribution in [0.15, 0.2) is 29.4 Å². The number of hydrogen-bond donors (Lipinski definition) is 2. The van der Waals surface area contributed by atoms with Crippen molar-refractivity contribution in [2.45, 2.75) is 50.6 Å². The number of benzene rings is 1. The summed E-state index contributed by atoms with van der Waals surface area (Å²) >= 11 is 1.29. The summed E-state index contributed by atoms with van der Waals surface area (Å²) in [5.41, 5.74) is 6.13. The van der Waals surface area contributed by atoms with Crippen molar-refractivity contribution in [1.82, 2.24) is 14.8 Å². The molecule has 0 aliphatic carbocycles. The zero-order valence-electron chi connectivity index (χ0n) is 16.2. The van der Waals surface area contributed by atoms with E-state index >= 15 is 0 Å². The molecule has 0 aliphatic heterocycles. The number of aromatic nitrogens is 3. The van der Waals surface area contributed by atoms with Crippen molar-refractivity contribution in [3.63, 3.8) is 0 Å². The number of nitrogens with one attached hydrogen (secondary N) is 1. The van der Waals surface area contributed by atoms with Gasteiger partial charge < -0.3 is 15.6 Å². The van der Waals surface area contributed by atoms with Gasteiger partial charge in [-0.3, -0.25) is 9.59 Å². The van der Waals surface area contributed by atoms with Crippen LogP contribution < -0.4 is 11.1 Å². The van der Waals surface area contributed by atoms with Gasteiger partial charge in [0.15, 0.2) is 5.16 Å². The van der Waals surface area contributed by atoms with Gasteiger partial charge in [-0.05, 0) is 25.0 Å². The lowest BCUT2D eigenvalue weighted by atomic mass is 10.2. The van der Waals surface area contributed by atoms with E-state index < -0.39 is 11.2 Å². The summed E-state index contributed by atoms with van der Waals surface area (Å²) in [7, 11) is 0. The first-order valence-corrected chi connectivity index (χ1v) is 9.86. The number of amides is 2. The fourth-order valence-electron chi connectivity index (χ4n) is 2.51. The molecule has 2 rings (SSSR count). The predicted octanol–water partition coefficient (Wildman–Crippen LogP) is 2.34. The third-order valence-corrected chi connectivity index (χ3v) is 4.97. The molecule has 0 saturated carbocycles. The predicted molar refractivity (Wildman–Crippen MR) is 107 cm³/mol. The molecule has 1 aromatic carbocycles. The molecule has 0 unspecified atom stereocenters. The highest BCUT2D eigenvalue weighted by Crippen LogP contribution is 2.25. The number of nitrogens with zero attached hydrogens (tertiary/aromatic N) is 4. The van der Waals surface area contributed by atoms with Gasteiger partial charge in [0.05, 0.1) is 16.5 Å². The standard InChI is InChI=1S/C19H24N6O2S/c1-12(2)11-25-17(9-8-16(21)26)23-24-19(25)28-13(3)18(27)22-15-7-5-4-6-14(15)10-20/h4-7,12-13H,8-9,11H2,1-3H3,(H2,21,26)(H,22,27)/t13-/m0/s1. The number of nitriles is 1. The van der Waals surface area contributed by atoms with Gasteiger partial charge in [0, 0.05) is 19.4 Å². The van der Waals surface area contributed by atoms with Gasteiger partial charge in [-0.1, -0.05) is 37.7 Å². The number of hydrogen-bond acceptors (Lipinski definition) is 6. The summed E-state index contributed by atoms with van der Waals surface area (Å²) in [6.45, 7) is 6.59. The second-order valence-corrected chi connectivity index (χ2v) is 8.08. The Kier molecular flexibility index (Phi) is 7.58. The Labute approximate surface area is 168 Å². The summed E-state index contributed by atoms with van der Waals surface area (Å²) in [4.78, 5) is 23.7. The molecule has 28 heavy (non-hydrogen) atoms. The number of carbonyl (C=O) groups excluding carboxylic acids is 2. The maximum absolute atomic E-state index is 12.6. The first-order valence-electron chi connectivity index (χ1n) is 8.98. The van der Waals surface area contributed by atoms with Crippen LogP contribution in [0.2, 0.25) is 0 Å². The largest absolute Gasteiger partial charge is 0.370 e. The molecule has 8 nitrogen and oxygen atoms in total. The van der Waals surface area contributed by atoms with E-state index in [2.05, 4.69) is 35.4 Å². The van der Waals surface area contributed by atoms with E-state index in [1.165, 1.54) is 11.8 Å². The SMILES string of the molecule is CC(C)Cn1c(CCC(N)=O)nnc1S[C@@H](C)C(=O)Nc1ccccc1C#N. The van der Waals surface area contributed by atoms with Crippen LogP contribution in [0.25, 0.3) is 0 Å². The molecule has 0 fully saturated rings. The maximum Gasteiger partial charge on any atom is 0.237 e. The Bertz CT molecular complexity index is 887. The number of thioether (sulfide) groups is 1. The molecule has 1 atom stereocenters. The van der Waals surface area contributed by atoms with E-state index in [-0.39, 0.29) is 12.3 Å². The quantitative estimate of drug-likeness (QED) is 0.622. The van der Waals surface area contributed by atoms with Gasteiger partial charge in [-0.25, -0.2) is 0 Å². The molecule has 0 bridgehead atoms. The molecular weight excluding hydrogens is 376 g/mol. The van der Waals surface area contributed by atoms with Gasteiger partial charge in [0.25, 0.3) is 0 Å². The molecule has 148 valence electrons. The molecule has 2 amide bonds. The zero-order valence-corrected chi connectivity index (χ0v) is 17.0. The van der Waals surface area contributed by atoms with E-state index in [1.807, 2.05) is 4.57 Å². The summed E-state index contributed by atoms with van der Waals surface area (Å²) in [5.74, 6) is 0.398. The van der Waals surface area contributed by atoms with Crippen LogP contribution in [0.4, 0.5) is 5.69 Å². The Morgan fingerprint density at radius 3 is 2.64 bits per heavy atom. The summed E-state index contributed by atoms with van der Waals surface area (Å²) in [5, 5.41) is 20.5. The highest BCUT2D eigenvalue weighted by Gasteiger charge is 2.21. The van der Waals surface area contributed by atoms with Crippen molar-refractivity contribution in [1.29, 1.82) is 5.26 Å². The summed E-state index contributed by atoms with van der Waals surface area (Å²) < 4.78 is 1.94. The highest BCUT2D eigenvalue weighted by atomic mass is 32.2. The van der Waals surface area contributed by atoms with Gasteiger partial charge >= 0.3 is 0 Å². The lowest BCUT2D eigenvalue weighted by Crippen LogP contribution is -2.23. The van der Waals surface area contributed by atoms with Crippen molar-refractivity contribution in [2.24, 2.45) is 11.7 Å². The smallest absolute Gasteiger partial charge is 0.237 e. The second-order valence-electron chi connectivity index (χ2n) is 6.78. The molecule has 1 heterocycles. The van der Waals surface area contributed by atoms with Crippen LogP contribution in [0.3, 0.4) is 0 Å². The van der Waals surface area contributed by atoms with E-state index in [9.17, 15) is 9.59 Å². The molecule has 0 radical (unpaired) electrons. The number of para-hydroxylation sites is 1. The second kappa shape index (κ2) is 9.90. The van der Waals surface area contributed by atoms with Crippen LogP contribution in [-0.4, -0.2) is 31.8 Å². The van der Waals surface area contributed by atoms with Gasteiger partial charge in [-0.15, -0.1) is 10.2 Å². The Hall–Kier alpha value is -2.86. The van der Waals surface area contributed by atoms with Crippen molar-refractivity contribution in [3.8, 4) is 6.07 Å². The van der Waals surface area contributed by atoms with Gasteiger partial charge in [0.1, 0.15) is 11.9 Å². The van der Waals surface area contributed by atoms with Crippen LogP contribution in [0.1, 0.15) is 38.6 Å². The van der Waals surface area contributed by atoms with Gasteiger partial charge in [-0.2, -0.15) is 5.26 Å². The lowest BCUT2D eigenvalue weighted by Gasteiger charge is -2.15. The molecule has 3 N–H and O–H groups in total. The van der Waals surface area contributed by atoms with E-state index in [1.54, 1.807) is 31.2 Å². The van der Waals surface area contributed by atoms with Crippen molar-refractivity contribution < 1.29 is 9.59 Å². The highest BCUT2D eigenvalue weighted by molar-refractivity contribution is 8.00. The van der Waals surface area contributed by atoms with E-state index in [0.29, 0.717) is 41.1 Å². The Morgan fingerprint density at radius 1 is 1.29 bits per heavy atom. The minimum absolute atomic E-state index is 0.196.